The minimum Gasteiger partial charge on any atom is -0.356 e. The van der Waals surface area contributed by atoms with Gasteiger partial charge in [-0.1, -0.05) is 27.7 Å². The van der Waals surface area contributed by atoms with Crippen LogP contribution in [0.2, 0.25) is 0 Å². The Balaban J connectivity index is 2.13. The first-order valence-corrected chi connectivity index (χ1v) is 7.54. The molecule has 1 amide bonds. The molecule has 0 unspecified atom stereocenters. The van der Waals surface area contributed by atoms with Crippen LogP contribution in [0.15, 0.2) is 17.2 Å². The summed E-state index contributed by atoms with van der Waals surface area (Å²) in [6.07, 6.45) is 1.22. The van der Waals surface area contributed by atoms with Crippen LogP contribution in [0.1, 0.15) is 38.2 Å². The summed E-state index contributed by atoms with van der Waals surface area (Å²) in [7, 11) is -3.79. The summed E-state index contributed by atoms with van der Waals surface area (Å²) in [4.78, 5) is 14.6. The number of aromatic amines is 1. The molecule has 4 N–H and O–H groups in total. The number of rotatable bonds is 3. The topological polar surface area (TPSA) is 105 Å². The van der Waals surface area contributed by atoms with Crippen molar-refractivity contribution < 1.29 is 13.2 Å². The molecule has 19 heavy (non-hydrogen) atoms. The summed E-state index contributed by atoms with van der Waals surface area (Å²) in [6, 6.07) is 1.31. The van der Waals surface area contributed by atoms with Gasteiger partial charge in [-0.05, 0) is 16.9 Å². The van der Waals surface area contributed by atoms with E-state index in [1.165, 1.54) is 12.3 Å². The normalized spacial score (nSPS) is 21.1. The van der Waals surface area contributed by atoms with Gasteiger partial charge in [-0.15, -0.1) is 0 Å². The predicted octanol–water partition coefficient (Wildman–Crippen LogP) is 0.827. The molecule has 0 aromatic carbocycles. The quantitative estimate of drug-likeness (QED) is 0.765. The molecular weight excluding hydrogens is 266 g/mol. The monoisotopic (exact) mass is 285 g/mol. The van der Waals surface area contributed by atoms with Gasteiger partial charge in [-0.3, -0.25) is 4.79 Å². The highest BCUT2D eigenvalue weighted by Gasteiger charge is 2.65. The van der Waals surface area contributed by atoms with E-state index in [1.807, 2.05) is 0 Å². The van der Waals surface area contributed by atoms with Crippen LogP contribution in [-0.2, 0) is 10.0 Å². The summed E-state index contributed by atoms with van der Waals surface area (Å²) in [6.45, 7) is 8.34. The van der Waals surface area contributed by atoms with Crippen molar-refractivity contribution in [2.24, 2.45) is 16.0 Å². The van der Waals surface area contributed by atoms with Gasteiger partial charge in [0, 0.05) is 12.2 Å². The Morgan fingerprint density at radius 1 is 1.32 bits per heavy atom. The first-order valence-electron chi connectivity index (χ1n) is 6.00. The second-order valence-corrected chi connectivity index (χ2v) is 7.71. The first kappa shape index (κ1) is 14.1. The summed E-state index contributed by atoms with van der Waals surface area (Å²) in [5.41, 5.74) is 0.248. The third-order valence-electron chi connectivity index (χ3n) is 4.53. The van der Waals surface area contributed by atoms with E-state index >= 15 is 0 Å². The van der Waals surface area contributed by atoms with Gasteiger partial charge in [0.05, 0.1) is 4.90 Å². The van der Waals surface area contributed by atoms with E-state index in [1.54, 1.807) is 0 Å². The lowest BCUT2D eigenvalue weighted by atomic mass is 10.0. The number of hydrogen-bond donors (Lipinski definition) is 3. The van der Waals surface area contributed by atoms with Gasteiger partial charge in [0.25, 0.3) is 5.91 Å². The van der Waals surface area contributed by atoms with Crippen LogP contribution < -0.4 is 10.5 Å². The highest BCUT2D eigenvalue weighted by Crippen LogP contribution is 2.62. The Labute approximate surface area is 112 Å². The molecule has 1 heterocycles. The number of sulfonamides is 1. The third-order valence-corrected chi connectivity index (χ3v) is 5.42. The average Bonchev–Trinajstić information content (AvgIpc) is 2.69. The van der Waals surface area contributed by atoms with E-state index in [0.29, 0.717) is 0 Å². The van der Waals surface area contributed by atoms with E-state index < -0.39 is 10.0 Å². The first-order chi connectivity index (χ1) is 8.48. The fraction of sp³-hybridized carbons (Fsp3) is 0.583. The smallest absolute Gasteiger partial charge is 0.267 e. The van der Waals surface area contributed by atoms with Gasteiger partial charge in [0.2, 0.25) is 10.0 Å². The lowest BCUT2D eigenvalue weighted by Gasteiger charge is -2.04. The zero-order valence-electron chi connectivity index (χ0n) is 11.4. The van der Waals surface area contributed by atoms with Crippen LogP contribution in [0.25, 0.3) is 0 Å². The van der Waals surface area contributed by atoms with Crippen molar-refractivity contribution in [2.75, 3.05) is 0 Å². The number of hydrogen-bond acceptors (Lipinski definition) is 3. The van der Waals surface area contributed by atoms with E-state index in [2.05, 4.69) is 38.0 Å². The number of carbonyl (C=O) groups excluding carboxylic acids is 1. The largest absolute Gasteiger partial charge is 0.356 e. The Morgan fingerprint density at radius 3 is 2.21 bits per heavy atom. The Morgan fingerprint density at radius 2 is 1.84 bits per heavy atom. The zero-order valence-corrected chi connectivity index (χ0v) is 12.3. The van der Waals surface area contributed by atoms with Gasteiger partial charge in [0.15, 0.2) is 0 Å². The number of nitrogens with one attached hydrogen (secondary N) is 2. The molecule has 0 atom stereocenters. The van der Waals surface area contributed by atoms with Crippen LogP contribution in [-0.4, -0.2) is 25.4 Å². The van der Waals surface area contributed by atoms with Gasteiger partial charge in [0.1, 0.15) is 5.69 Å². The van der Waals surface area contributed by atoms with E-state index in [-0.39, 0.29) is 33.4 Å². The van der Waals surface area contributed by atoms with Crippen molar-refractivity contribution in [3.05, 3.63) is 18.0 Å². The molecule has 0 bridgehead atoms. The van der Waals surface area contributed by atoms with Crippen LogP contribution in [0, 0.1) is 10.8 Å². The highest BCUT2D eigenvalue weighted by atomic mass is 32.2. The second kappa shape index (κ2) is 3.83. The molecule has 0 aliphatic heterocycles. The molecule has 106 valence electrons. The van der Waals surface area contributed by atoms with E-state index in [4.69, 9.17) is 5.14 Å². The number of amides is 1. The molecule has 7 heteroatoms. The van der Waals surface area contributed by atoms with E-state index in [9.17, 15) is 13.2 Å². The minimum atomic E-state index is -3.79. The summed E-state index contributed by atoms with van der Waals surface area (Å²) in [5.74, 6) is -0.321. The molecular formula is C12H19N3O3S. The Bertz CT molecular complexity index is 614. The van der Waals surface area contributed by atoms with Crippen LogP contribution in [0.5, 0.6) is 0 Å². The SMILES string of the molecule is CC1(C)C(NC(=O)c2cc(S(N)(=O)=O)c[nH]2)C1(C)C. The molecule has 0 radical (unpaired) electrons. The molecule has 1 aliphatic carbocycles. The van der Waals surface area contributed by atoms with Crippen molar-refractivity contribution in [1.29, 1.82) is 0 Å². The lowest BCUT2D eigenvalue weighted by Crippen LogP contribution is -2.30. The Kier molecular flexibility index (Phi) is 2.84. The van der Waals surface area contributed by atoms with Crippen molar-refractivity contribution in [2.45, 2.75) is 38.6 Å². The highest BCUT2D eigenvalue weighted by molar-refractivity contribution is 7.89. The van der Waals surface area contributed by atoms with Gasteiger partial charge < -0.3 is 10.3 Å². The summed E-state index contributed by atoms with van der Waals surface area (Å²) >= 11 is 0. The standard InChI is InChI=1S/C12H19N3O3S/c1-11(2)10(12(11,3)4)15-9(16)8-5-7(6-14-8)19(13,17)18/h5-6,10,14H,1-4H3,(H,15,16)(H2,13,17,18). The zero-order chi connectivity index (χ0) is 14.6. The minimum absolute atomic E-state index is 0.0258. The van der Waals surface area contributed by atoms with Crippen LogP contribution in [0.3, 0.4) is 0 Å². The fourth-order valence-electron chi connectivity index (χ4n) is 2.44. The Hall–Kier alpha value is -1.34. The van der Waals surface area contributed by atoms with E-state index in [0.717, 1.165) is 0 Å². The molecule has 0 saturated heterocycles. The summed E-state index contributed by atoms with van der Waals surface area (Å²) in [5, 5.41) is 7.90. The van der Waals surface area contributed by atoms with Crippen LogP contribution >= 0.6 is 0 Å². The maximum absolute atomic E-state index is 12.0. The van der Waals surface area contributed by atoms with Gasteiger partial charge in [-0.2, -0.15) is 0 Å². The number of nitrogens with two attached hydrogens (primary N) is 1. The molecule has 1 fully saturated rings. The van der Waals surface area contributed by atoms with Crippen molar-refractivity contribution in [1.82, 2.24) is 10.3 Å². The molecule has 1 aromatic heterocycles. The third kappa shape index (κ3) is 2.17. The molecule has 1 aliphatic rings. The summed E-state index contributed by atoms with van der Waals surface area (Å²) < 4.78 is 22.3. The molecule has 1 saturated carbocycles. The number of H-pyrrole nitrogens is 1. The maximum atomic E-state index is 12.0. The maximum Gasteiger partial charge on any atom is 0.267 e. The van der Waals surface area contributed by atoms with Crippen molar-refractivity contribution in [3.63, 3.8) is 0 Å². The molecule has 6 nitrogen and oxygen atoms in total. The fourth-order valence-corrected chi connectivity index (χ4v) is 2.94. The lowest BCUT2D eigenvalue weighted by molar-refractivity contribution is 0.0939. The average molecular weight is 285 g/mol. The number of carbonyl (C=O) groups is 1. The van der Waals surface area contributed by atoms with Gasteiger partial charge in [-0.25, -0.2) is 13.6 Å². The molecule has 1 aromatic rings. The molecule has 2 rings (SSSR count). The number of primary sulfonamides is 1. The van der Waals surface area contributed by atoms with Crippen molar-refractivity contribution in [3.8, 4) is 0 Å². The number of aromatic nitrogens is 1. The van der Waals surface area contributed by atoms with Gasteiger partial charge >= 0.3 is 0 Å². The van der Waals surface area contributed by atoms with Crippen molar-refractivity contribution >= 4 is 15.9 Å². The second-order valence-electron chi connectivity index (χ2n) is 6.14. The molecule has 0 spiro atoms. The predicted molar refractivity (Wildman–Crippen MR) is 71.0 cm³/mol. The van der Waals surface area contributed by atoms with Crippen LogP contribution in [0.4, 0.5) is 0 Å².